The van der Waals surface area contributed by atoms with Crippen molar-refractivity contribution in [2.75, 3.05) is 0 Å². The van der Waals surface area contributed by atoms with Gasteiger partial charge >= 0.3 is 0 Å². The van der Waals surface area contributed by atoms with Crippen molar-refractivity contribution >= 4 is 64.1 Å². The highest BCUT2D eigenvalue weighted by atomic mass is 32.1. The molecule has 0 saturated heterocycles. The summed E-state index contributed by atoms with van der Waals surface area (Å²) in [6.07, 6.45) is 0. The van der Waals surface area contributed by atoms with Crippen molar-refractivity contribution in [3.63, 3.8) is 0 Å². The molecule has 0 N–H and O–H groups in total. The van der Waals surface area contributed by atoms with Crippen LogP contribution in [0, 0.1) is 0 Å². The quantitative estimate of drug-likeness (QED) is 0.169. The molecule has 3 heterocycles. The van der Waals surface area contributed by atoms with E-state index in [2.05, 4.69) is 193 Å². The van der Waals surface area contributed by atoms with Gasteiger partial charge < -0.3 is 4.57 Å². The van der Waals surface area contributed by atoms with Gasteiger partial charge in [0.15, 0.2) is 17.5 Å². The first kappa shape index (κ1) is 34.3. The maximum Gasteiger partial charge on any atom is 0.164 e. The summed E-state index contributed by atoms with van der Waals surface area (Å²) in [5, 5.41) is 7.23. The number of fused-ring (bicyclic) bond motifs is 7. The van der Waals surface area contributed by atoms with Crippen LogP contribution in [0.25, 0.3) is 115 Å². The van der Waals surface area contributed by atoms with Crippen molar-refractivity contribution < 1.29 is 0 Å². The molecule has 9 aromatic carbocycles. The average Bonchev–Trinajstić information content (AvgIpc) is 3.87. The molecule has 0 aliphatic rings. The SMILES string of the molecule is c1ccc(-c2nc(-c3ccc(-c4ccc5c(c4)sc4ccccc45)cc3)nc(-c3cc(-n4c5ccccc5c5ccccc54)c(-c4ccccc4)c4ccccc34)n2)cc1. The molecule has 0 saturated carbocycles. The maximum absolute atomic E-state index is 5.34. The van der Waals surface area contributed by atoms with Crippen molar-refractivity contribution in [3.05, 3.63) is 206 Å². The predicted octanol–water partition coefficient (Wildman–Crippen LogP) is 14.8. The van der Waals surface area contributed by atoms with E-state index < -0.39 is 0 Å². The second-order valence-electron chi connectivity index (χ2n) is 15.2. The van der Waals surface area contributed by atoms with E-state index in [1.165, 1.54) is 36.5 Å². The fraction of sp³-hybridized carbons (Fsp3) is 0. The van der Waals surface area contributed by atoms with Crippen molar-refractivity contribution in [2.24, 2.45) is 0 Å². The highest BCUT2D eigenvalue weighted by molar-refractivity contribution is 7.25. The van der Waals surface area contributed by atoms with E-state index in [-0.39, 0.29) is 0 Å². The number of benzene rings is 9. The minimum atomic E-state index is 0.621. The lowest BCUT2D eigenvalue weighted by molar-refractivity contribution is 1.07. The van der Waals surface area contributed by atoms with Gasteiger partial charge in [-0.05, 0) is 57.8 Å². The molecule has 280 valence electrons. The Hall–Kier alpha value is -7.73. The molecule has 5 heteroatoms. The number of hydrogen-bond donors (Lipinski definition) is 0. The molecule has 0 bridgehead atoms. The van der Waals surface area contributed by atoms with Gasteiger partial charge in [-0.3, -0.25) is 0 Å². The molecular weight excluding hydrogens is 749 g/mol. The molecule has 12 rings (SSSR count). The Bertz CT molecular complexity index is 3530. The molecule has 0 radical (unpaired) electrons. The molecule has 0 aliphatic carbocycles. The molecule has 0 atom stereocenters. The van der Waals surface area contributed by atoms with E-state index >= 15 is 0 Å². The monoisotopic (exact) mass is 782 g/mol. The van der Waals surface area contributed by atoms with Crippen molar-refractivity contribution in [2.45, 2.75) is 0 Å². The molecule has 0 amide bonds. The third kappa shape index (κ3) is 5.63. The van der Waals surface area contributed by atoms with Crippen LogP contribution in [-0.2, 0) is 0 Å². The Morgan fingerprint density at radius 3 is 1.48 bits per heavy atom. The third-order valence-electron chi connectivity index (χ3n) is 11.7. The van der Waals surface area contributed by atoms with E-state index in [0.717, 1.165) is 60.9 Å². The van der Waals surface area contributed by atoms with Crippen molar-refractivity contribution in [1.82, 2.24) is 19.5 Å². The summed E-state index contributed by atoms with van der Waals surface area (Å²) in [6, 6.07) is 73.3. The summed E-state index contributed by atoms with van der Waals surface area (Å²) in [6.45, 7) is 0. The van der Waals surface area contributed by atoms with Gasteiger partial charge in [-0.2, -0.15) is 0 Å². The molecule has 0 spiro atoms. The number of hydrogen-bond acceptors (Lipinski definition) is 4. The van der Waals surface area contributed by atoms with E-state index in [1.54, 1.807) is 0 Å². The standard InChI is InChI=1S/C55H34N4S/c1-3-15-36(16-4-1)52-45-23-8-7-19-40(45)46(34-49(52)59-47-24-12-9-20-41(47)42-21-10-13-25-48(42)59)55-57-53(37-17-5-2-6-18-37)56-54(58-55)38-29-27-35(28-30-38)39-31-32-44-43-22-11-14-26-50(43)60-51(44)33-39/h1-34H. The number of thiophene rings is 1. The smallest absolute Gasteiger partial charge is 0.164 e. The summed E-state index contributed by atoms with van der Waals surface area (Å²) in [5.74, 6) is 1.88. The number of para-hydroxylation sites is 2. The van der Waals surface area contributed by atoms with Gasteiger partial charge in [-0.1, -0.05) is 176 Å². The molecule has 0 fully saturated rings. The molecule has 12 aromatic rings. The fourth-order valence-electron chi connectivity index (χ4n) is 8.87. The summed E-state index contributed by atoms with van der Waals surface area (Å²) >= 11 is 1.84. The second kappa shape index (κ2) is 14.0. The molecular formula is C55H34N4S. The van der Waals surface area contributed by atoms with E-state index in [4.69, 9.17) is 15.0 Å². The average molecular weight is 783 g/mol. The van der Waals surface area contributed by atoms with Crippen LogP contribution in [0.15, 0.2) is 206 Å². The van der Waals surface area contributed by atoms with Gasteiger partial charge in [0.1, 0.15) is 0 Å². The van der Waals surface area contributed by atoms with E-state index in [9.17, 15) is 0 Å². The zero-order valence-corrected chi connectivity index (χ0v) is 33.1. The first-order valence-electron chi connectivity index (χ1n) is 20.2. The Balaban J connectivity index is 1.08. The predicted molar refractivity (Wildman–Crippen MR) is 252 cm³/mol. The minimum absolute atomic E-state index is 0.621. The van der Waals surface area contributed by atoms with Crippen molar-refractivity contribution in [3.8, 4) is 62.1 Å². The van der Waals surface area contributed by atoms with Gasteiger partial charge in [-0.15, -0.1) is 11.3 Å². The van der Waals surface area contributed by atoms with Crippen LogP contribution in [0.5, 0.6) is 0 Å². The zero-order chi connectivity index (χ0) is 39.6. The van der Waals surface area contributed by atoms with Gasteiger partial charge in [0, 0.05) is 53.2 Å². The van der Waals surface area contributed by atoms with Gasteiger partial charge in [0.25, 0.3) is 0 Å². The molecule has 60 heavy (non-hydrogen) atoms. The molecule has 4 nitrogen and oxygen atoms in total. The Morgan fingerprint density at radius 1 is 0.317 bits per heavy atom. The highest BCUT2D eigenvalue weighted by Crippen LogP contribution is 2.44. The lowest BCUT2D eigenvalue weighted by Gasteiger charge is -2.20. The molecule has 0 aliphatic heterocycles. The van der Waals surface area contributed by atoms with Crippen molar-refractivity contribution in [1.29, 1.82) is 0 Å². The third-order valence-corrected chi connectivity index (χ3v) is 12.8. The van der Waals surface area contributed by atoms with Crippen LogP contribution in [0.4, 0.5) is 0 Å². The first-order chi connectivity index (χ1) is 29.7. The zero-order valence-electron chi connectivity index (χ0n) is 32.3. The van der Waals surface area contributed by atoms with Crippen LogP contribution < -0.4 is 0 Å². The largest absolute Gasteiger partial charge is 0.309 e. The number of aromatic nitrogens is 4. The summed E-state index contributed by atoms with van der Waals surface area (Å²) in [5.41, 5.74) is 10.8. The lowest BCUT2D eigenvalue weighted by Crippen LogP contribution is -2.03. The Labute approximate surface area is 350 Å². The van der Waals surface area contributed by atoms with Crippen LogP contribution in [0.3, 0.4) is 0 Å². The Morgan fingerprint density at radius 2 is 0.800 bits per heavy atom. The topological polar surface area (TPSA) is 43.6 Å². The maximum atomic E-state index is 5.34. The minimum Gasteiger partial charge on any atom is -0.309 e. The fourth-order valence-corrected chi connectivity index (χ4v) is 10.0. The van der Waals surface area contributed by atoms with E-state index in [0.29, 0.717) is 17.5 Å². The van der Waals surface area contributed by atoms with Crippen LogP contribution in [0.2, 0.25) is 0 Å². The van der Waals surface area contributed by atoms with Crippen LogP contribution >= 0.6 is 11.3 Å². The number of nitrogens with zero attached hydrogens (tertiary/aromatic N) is 4. The summed E-state index contributed by atoms with van der Waals surface area (Å²) in [4.78, 5) is 15.8. The highest BCUT2D eigenvalue weighted by Gasteiger charge is 2.22. The second-order valence-corrected chi connectivity index (χ2v) is 16.2. The lowest BCUT2D eigenvalue weighted by atomic mass is 9.92. The molecule has 3 aromatic heterocycles. The van der Waals surface area contributed by atoms with Crippen LogP contribution in [0.1, 0.15) is 0 Å². The summed E-state index contributed by atoms with van der Waals surface area (Å²) < 4.78 is 5.01. The van der Waals surface area contributed by atoms with Crippen LogP contribution in [-0.4, -0.2) is 19.5 Å². The normalized spacial score (nSPS) is 11.7. The Kier molecular flexibility index (Phi) is 8.00. The number of rotatable bonds is 6. The molecule has 0 unspecified atom stereocenters. The van der Waals surface area contributed by atoms with Gasteiger partial charge in [-0.25, -0.2) is 15.0 Å². The summed E-state index contributed by atoms with van der Waals surface area (Å²) in [7, 11) is 0. The van der Waals surface area contributed by atoms with Gasteiger partial charge in [0.05, 0.1) is 16.7 Å². The van der Waals surface area contributed by atoms with Gasteiger partial charge in [0.2, 0.25) is 0 Å². The first-order valence-corrected chi connectivity index (χ1v) is 21.0. The van der Waals surface area contributed by atoms with E-state index in [1.807, 2.05) is 29.5 Å².